The van der Waals surface area contributed by atoms with E-state index >= 15 is 0 Å². The second kappa shape index (κ2) is 9.80. The van der Waals surface area contributed by atoms with Gasteiger partial charge in [0, 0.05) is 32.8 Å². The van der Waals surface area contributed by atoms with Crippen LogP contribution in [0.2, 0.25) is 10.0 Å². The molecule has 4 amide bonds. The molecule has 3 rings (SSSR count). The fraction of sp³-hybridized carbons (Fsp3) is 0.0476. The normalized spacial score (nSPS) is 10.9. The van der Waals surface area contributed by atoms with E-state index in [1.54, 1.807) is 24.3 Å². The lowest BCUT2D eigenvalue weighted by Crippen LogP contribution is -2.22. The molecule has 11 heteroatoms. The number of rotatable bonds is 4. The third-order valence-electron chi connectivity index (χ3n) is 3.98. The summed E-state index contributed by atoms with van der Waals surface area (Å²) in [6.45, 7) is 0. The molecule has 0 spiro atoms. The summed E-state index contributed by atoms with van der Waals surface area (Å²) in [5.41, 5.74) is -0.621. The Hall–Kier alpha value is -3.43. The third kappa shape index (κ3) is 6.79. The van der Waals surface area contributed by atoms with Crippen LogP contribution in [0.4, 0.5) is 45.5 Å². The summed E-state index contributed by atoms with van der Waals surface area (Å²) in [5.74, 6) is 0. The molecule has 0 saturated carbocycles. The van der Waals surface area contributed by atoms with Crippen LogP contribution in [0.3, 0.4) is 0 Å². The molecule has 3 aromatic carbocycles. The molecule has 0 atom stereocenters. The van der Waals surface area contributed by atoms with Gasteiger partial charge in [-0.05, 0) is 66.7 Å². The topological polar surface area (TPSA) is 82.3 Å². The first-order chi connectivity index (χ1) is 15.1. The van der Waals surface area contributed by atoms with Crippen molar-refractivity contribution in [3.8, 4) is 0 Å². The van der Waals surface area contributed by atoms with Crippen molar-refractivity contribution in [3.63, 3.8) is 0 Å². The molecule has 0 heterocycles. The van der Waals surface area contributed by atoms with Gasteiger partial charge in [-0.2, -0.15) is 13.2 Å². The van der Waals surface area contributed by atoms with Crippen LogP contribution < -0.4 is 21.3 Å². The minimum Gasteiger partial charge on any atom is -0.308 e. The number of hydrogen-bond donors (Lipinski definition) is 4. The van der Waals surface area contributed by atoms with E-state index in [9.17, 15) is 22.8 Å². The van der Waals surface area contributed by atoms with Crippen molar-refractivity contribution in [2.45, 2.75) is 6.18 Å². The molecule has 0 unspecified atom stereocenters. The summed E-state index contributed by atoms with van der Waals surface area (Å²) >= 11 is 11.5. The first-order valence-electron chi connectivity index (χ1n) is 8.98. The minimum absolute atomic E-state index is 0.173. The molecule has 0 aromatic heterocycles. The molecule has 0 fully saturated rings. The van der Waals surface area contributed by atoms with Gasteiger partial charge in [0.05, 0.1) is 5.56 Å². The number of amides is 4. The second-order valence-electron chi connectivity index (χ2n) is 6.47. The van der Waals surface area contributed by atoms with E-state index in [0.29, 0.717) is 21.4 Å². The zero-order chi connectivity index (χ0) is 23.3. The van der Waals surface area contributed by atoms with Crippen LogP contribution in [0.5, 0.6) is 0 Å². The number of anilines is 4. The van der Waals surface area contributed by atoms with E-state index in [-0.39, 0.29) is 11.4 Å². The highest BCUT2D eigenvalue weighted by Gasteiger charge is 2.31. The van der Waals surface area contributed by atoms with Crippen LogP contribution in [0.1, 0.15) is 5.56 Å². The number of urea groups is 2. The zero-order valence-electron chi connectivity index (χ0n) is 16.1. The van der Waals surface area contributed by atoms with Crippen molar-refractivity contribution in [1.82, 2.24) is 0 Å². The van der Waals surface area contributed by atoms with Crippen LogP contribution in [-0.4, -0.2) is 12.1 Å². The van der Waals surface area contributed by atoms with Crippen molar-refractivity contribution < 1.29 is 22.8 Å². The summed E-state index contributed by atoms with van der Waals surface area (Å²) in [6.07, 6.45) is -4.70. The Morgan fingerprint density at radius 3 is 1.28 bits per heavy atom. The Kier molecular flexibility index (Phi) is 7.12. The van der Waals surface area contributed by atoms with Gasteiger partial charge in [-0.1, -0.05) is 23.2 Å². The monoisotopic (exact) mass is 482 g/mol. The van der Waals surface area contributed by atoms with E-state index in [2.05, 4.69) is 21.3 Å². The van der Waals surface area contributed by atoms with Gasteiger partial charge in [0.1, 0.15) is 0 Å². The standard InChI is InChI=1S/C21H15Cl2F3N4O2/c22-13-1-5-15(6-2-13)27-19(31)29-17-9-12(21(24,25)26)10-18(11-17)30-20(32)28-16-7-3-14(23)4-8-16/h1-11H,(H2,27,29,31)(H2,28,30,32). The van der Waals surface area contributed by atoms with Crippen LogP contribution >= 0.6 is 23.2 Å². The molecule has 0 aliphatic rings. The Morgan fingerprint density at radius 1 is 0.594 bits per heavy atom. The minimum atomic E-state index is -4.70. The van der Waals surface area contributed by atoms with Crippen molar-refractivity contribution in [2.75, 3.05) is 21.3 Å². The van der Waals surface area contributed by atoms with Crippen molar-refractivity contribution >= 4 is 58.0 Å². The highest BCUT2D eigenvalue weighted by atomic mass is 35.5. The van der Waals surface area contributed by atoms with Crippen LogP contribution in [0, 0.1) is 0 Å². The lowest BCUT2D eigenvalue weighted by molar-refractivity contribution is -0.137. The summed E-state index contributed by atoms with van der Waals surface area (Å²) in [7, 11) is 0. The number of carbonyl (C=O) groups is 2. The summed E-state index contributed by atoms with van der Waals surface area (Å²) in [5, 5.41) is 10.5. The second-order valence-corrected chi connectivity index (χ2v) is 7.34. The quantitative estimate of drug-likeness (QED) is 0.314. The van der Waals surface area contributed by atoms with Gasteiger partial charge >= 0.3 is 18.2 Å². The molecule has 32 heavy (non-hydrogen) atoms. The smallest absolute Gasteiger partial charge is 0.308 e. The van der Waals surface area contributed by atoms with Crippen LogP contribution in [-0.2, 0) is 6.18 Å². The molecule has 3 aromatic rings. The van der Waals surface area contributed by atoms with Gasteiger partial charge in [0.2, 0.25) is 0 Å². The van der Waals surface area contributed by atoms with Gasteiger partial charge in [-0.25, -0.2) is 9.59 Å². The lowest BCUT2D eigenvalue weighted by atomic mass is 10.1. The van der Waals surface area contributed by atoms with Crippen LogP contribution in [0.25, 0.3) is 0 Å². The summed E-state index contributed by atoms with van der Waals surface area (Å²) in [6, 6.07) is 13.4. The van der Waals surface area contributed by atoms with E-state index < -0.39 is 23.8 Å². The maximum atomic E-state index is 13.3. The predicted molar refractivity (Wildman–Crippen MR) is 120 cm³/mol. The Morgan fingerprint density at radius 2 is 0.938 bits per heavy atom. The summed E-state index contributed by atoms with van der Waals surface area (Å²) < 4.78 is 39.9. The Labute approximate surface area is 190 Å². The number of hydrogen-bond acceptors (Lipinski definition) is 2. The molecule has 4 N–H and O–H groups in total. The molecule has 0 saturated heterocycles. The number of halogens is 5. The van der Waals surface area contributed by atoms with E-state index in [1.807, 2.05) is 0 Å². The first-order valence-corrected chi connectivity index (χ1v) is 9.73. The average Bonchev–Trinajstić information content (AvgIpc) is 2.70. The molecule has 0 radical (unpaired) electrons. The summed E-state index contributed by atoms with van der Waals surface area (Å²) in [4.78, 5) is 24.4. The largest absolute Gasteiger partial charge is 0.416 e. The zero-order valence-corrected chi connectivity index (χ0v) is 17.6. The first kappa shape index (κ1) is 23.2. The molecular weight excluding hydrogens is 468 g/mol. The average molecular weight is 483 g/mol. The number of carbonyl (C=O) groups excluding carboxylic acids is 2. The van der Waals surface area contributed by atoms with Crippen molar-refractivity contribution in [1.29, 1.82) is 0 Å². The molecule has 0 aliphatic heterocycles. The van der Waals surface area contributed by atoms with Gasteiger partial charge in [-0.15, -0.1) is 0 Å². The van der Waals surface area contributed by atoms with Crippen LogP contribution in [0.15, 0.2) is 66.7 Å². The number of benzene rings is 3. The van der Waals surface area contributed by atoms with Gasteiger partial charge in [-0.3, -0.25) is 0 Å². The third-order valence-corrected chi connectivity index (χ3v) is 4.48. The fourth-order valence-corrected chi connectivity index (χ4v) is 2.84. The molecule has 0 aliphatic carbocycles. The maximum Gasteiger partial charge on any atom is 0.416 e. The number of alkyl halides is 3. The van der Waals surface area contributed by atoms with E-state index in [1.165, 1.54) is 30.3 Å². The molecule has 0 bridgehead atoms. The predicted octanol–water partition coefficient (Wildman–Crippen LogP) is 7.30. The van der Waals surface area contributed by atoms with Crippen molar-refractivity contribution in [2.24, 2.45) is 0 Å². The van der Waals surface area contributed by atoms with E-state index in [0.717, 1.165) is 12.1 Å². The van der Waals surface area contributed by atoms with Gasteiger partial charge < -0.3 is 21.3 Å². The molecular formula is C21H15Cl2F3N4O2. The Bertz CT molecular complexity index is 1040. The highest BCUT2D eigenvalue weighted by Crippen LogP contribution is 2.33. The highest BCUT2D eigenvalue weighted by molar-refractivity contribution is 6.31. The molecule has 6 nitrogen and oxygen atoms in total. The fourth-order valence-electron chi connectivity index (χ4n) is 2.59. The Balaban J connectivity index is 1.75. The van der Waals surface area contributed by atoms with E-state index in [4.69, 9.17) is 23.2 Å². The number of nitrogens with one attached hydrogen (secondary N) is 4. The maximum absolute atomic E-state index is 13.3. The SMILES string of the molecule is O=C(Nc1ccc(Cl)cc1)Nc1cc(NC(=O)Nc2ccc(Cl)cc2)cc(C(F)(F)F)c1. The molecule has 166 valence electrons. The van der Waals surface area contributed by atoms with Crippen molar-refractivity contribution in [3.05, 3.63) is 82.3 Å². The van der Waals surface area contributed by atoms with Gasteiger partial charge in [0.15, 0.2) is 0 Å². The lowest BCUT2D eigenvalue weighted by Gasteiger charge is -2.15. The van der Waals surface area contributed by atoms with Gasteiger partial charge in [0.25, 0.3) is 0 Å².